The average Bonchev–Trinajstić information content (AvgIpc) is 3.75. The third-order valence-corrected chi connectivity index (χ3v) is 11.4. The number of fused-ring (bicyclic) bond motifs is 2. The van der Waals surface area contributed by atoms with Crippen LogP contribution in [0.2, 0.25) is 0 Å². The summed E-state index contributed by atoms with van der Waals surface area (Å²) in [5.74, 6) is 0.935. The Labute approximate surface area is 263 Å². The average molecular weight is 607 g/mol. The van der Waals surface area contributed by atoms with Crippen LogP contribution in [0.5, 0.6) is 0 Å². The van der Waals surface area contributed by atoms with Crippen molar-refractivity contribution in [2.45, 2.75) is 64.0 Å². The van der Waals surface area contributed by atoms with Crippen molar-refractivity contribution in [1.29, 1.82) is 0 Å². The Morgan fingerprint density at radius 1 is 0.978 bits per heavy atom. The summed E-state index contributed by atoms with van der Waals surface area (Å²) in [6, 6.07) is 12.4. The maximum absolute atomic E-state index is 13.5. The third-order valence-electron chi connectivity index (χ3n) is 11.4. The van der Waals surface area contributed by atoms with E-state index in [2.05, 4.69) is 58.0 Å². The van der Waals surface area contributed by atoms with Crippen LogP contribution >= 0.6 is 0 Å². The molecule has 0 radical (unpaired) electrons. The van der Waals surface area contributed by atoms with Crippen LogP contribution in [0.1, 0.15) is 56.7 Å². The fourth-order valence-corrected chi connectivity index (χ4v) is 8.09. The summed E-state index contributed by atoms with van der Waals surface area (Å²) in [6.45, 7) is 10.7. The number of nitrogens with one attached hydrogen (secondary N) is 1. The van der Waals surface area contributed by atoms with Gasteiger partial charge in [0.25, 0.3) is 5.56 Å². The van der Waals surface area contributed by atoms with Crippen molar-refractivity contribution >= 4 is 28.4 Å². The highest BCUT2D eigenvalue weighted by atomic mass is 16.3. The number of pyridine rings is 1. The number of allylic oxidation sites excluding steroid dienone is 1. The summed E-state index contributed by atoms with van der Waals surface area (Å²) in [4.78, 5) is 32.7. The van der Waals surface area contributed by atoms with E-state index in [4.69, 9.17) is 9.97 Å². The van der Waals surface area contributed by atoms with Crippen molar-refractivity contribution in [2.24, 2.45) is 10.8 Å². The largest absolute Gasteiger partial charge is 0.383 e. The van der Waals surface area contributed by atoms with Crippen molar-refractivity contribution in [3.63, 3.8) is 0 Å². The quantitative estimate of drug-likeness (QED) is 0.303. The lowest BCUT2D eigenvalue weighted by molar-refractivity contribution is -0.0102. The van der Waals surface area contributed by atoms with E-state index >= 15 is 0 Å². The smallest absolute Gasteiger partial charge is 0.278 e. The maximum atomic E-state index is 13.5. The number of benzene rings is 1. The number of nitrogens with zero attached hydrogens (tertiary/aromatic N) is 7. The fraction of sp³-hybridized carbons (Fsp3) is 0.486. The highest BCUT2D eigenvalue weighted by Gasteiger charge is 2.62. The molecule has 1 atom stereocenters. The monoisotopic (exact) mass is 606 g/mol. The van der Waals surface area contributed by atoms with E-state index in [-0.39, 0.29) is 17.5 Å². The first-order valence-corrected chi connectivity index (χ1v) is 16.3. The van der Waals surface area contributed by atoms with E-state index in [1.54, 1.807) is 21.6 Å². The minimum Gasteiger partial charge on any atom is -0.383 e. The minimum absolute atomic E-state index is 0.113. The van der Waals surface area contributed by atoms with Gasteiger partial charge in [-0.2, -0.15) is 4.98 Å². The van der Waals surface area contributed by atoms with E-state index in [1.807, 2.05) is 19.1 Å². The second-order valence-electron chi connectivity index (χ2n) is 14.1. The van der Waals surface area contributed by atoms with Gasteiger partial charge in [-0.1, -0.05) is 12.1 Å². The zero-order valence-electron chi connectivity index (χ0n) is 26.3. The number of hydrogen-bond acceptors (Lipinski definition) is 8. The van der Waals surface area contributed by atoms with Gasteiger partial charge in [0.2, 0.25) is 5.95 Å². The third kappa shape index (κ3) is 4.60. The first kappa shape index (κ1) is 28.5. The van der Waals surface area contributed by atoms with Crippen molar-refractivity contribution in [1.82, 2.24) is 29.2 Å². The molecular formula is C35H42N8O2. The van der Waals surface area contributed by atoms with Gasteiger partial charge < -0.3 is 20.2 Å². The van der Waals surface area contributed by atoms with Gasteiger partial charge in [-0.3, -0.25) is 4.79 Å². The molecule has 2 N–H and O–H groups in total. The number of piperidine rings is 2. The molecule has 1 saturated carbocycles. The molecule has 45 heavy (non-hydrogen) atoms. The van der Waals surface area contributed by atoms with Gasteiger partial charge in [0.05, 0.1) is 12.2 Å². The van der Waals surface area contributed by atoms with Gasteiger partial charge >= 0.3 is 0 Å². The van der Waals surface area contributed by atoms with E-state index in [9.17, 15) is 9.90 Å². The van der Waals surface area contributed by atoms with E-state index in [1.165, 1.54) is 44.5 Å². The summed E-state index contributed by atoms with van der Waals surface area (Å²) in [5, 5.41) is 15.2. The van der Waals surface area contributed by atoms with Crippen LogP contribution in [0.3, 0.4) is 0 Å². The first-order chi connectivity index (χ1) is 21.7. The molecule has 10 nitrogen and oxygen atoms in total. The maximum Gasteiger partial charge on any atom is 0.278 e. The van der Waals surface area contributed by atoms with E-state index in [0.717, 1.165) is 43.6 Å². The topological polar surface area (TPSA) is 104 Å². The molecule has 234 valence electrons. The standard InChI is InChI=1S/C35H42N8O2/c1-4-17-42-31(44)27-23-36-32(39-30(27)43(42)28-10-5-24-22-35(11-12-35)33(2,45)29(24)38-28)37-25-6-8-26(9-7-25)41-20-15-34(16-21-41)13-18-40(3)19-14-34/h4-10,23,45H,1,11-22H2,2-3H3,(H,36,37,39). The lowest BCUT2D eigenvalue weighted by Crippen LogP contribution is -2.46. The Morgan fingerprint density at radius 3 is 2.38 bits per heavy atom. The first-order valence-electron chi connectivity index (χ1n) is 16.3. The van der Waals surface area contributed by atoms with Gasteiger partial charge in [0.1, 0.15) is 11.0 Å². The van der Waals surface area contributed by atoms with Crippen LogP contribution in [0, 0.1) is 10.8 Å². The van der Waals surface area contributed by atoms with Crippen molar-refractivity contribution in [3.05, 3.63) is 76.9 Å². The van der Waals surface area contributed by atoms with E-state index < -0.39 is 5.60 Å². The zero-order chi connectivity index (χ0) is 31.0. The molecule has 2 spiro atoms. The molecule has 3 aromatic heterocycles. The summed E-state index contributed by atoms with van der Waals surface area (Å²) < 4.78 is 3.31. The lowest BCUT2D eigenvalue weighted by Gasteiger charge is -2.46. The number of hydrogen-bond donors (Lipinski definition) is 2. The van der Waals surface area contributed by atoms with Crippen LogP contribution in [-0.4, -0.2) is 67.5 Å². The molecule has 2 aliphatic carbocycles. The molecule has 0 amide bonds. The van der Waals surface area contributed by atoms with Crippen molar-refractivity contribution in [2.75, 3.05) is 43.4 Å². The second-order valence-corrected chi connectivity index (χ2v) is 14.1. The summed E-state index contributed by atoms with van der Waals surface area (Å²) >= 11 is 0. The minimum atomic E-state index is -0.999. The number of likely N-dealkylation sites (tertiary alicyclic amines) is 1. The summed E-state index contributed by atoms with van der Waals surface area (Å²) in [5.41, 5.74) is 3.54. The SMILES string of the molecule is C=CCn1c(=O)c2cnc(Nc3ccc(N4CCC5(CCN(C)CC5)CC4)cc3)nc2n1-c1ccc2c(n1)C(C)(O)C1(CC1)C2. The molecule has 1 unspecified atom stereocenters. The Hall–Kier alpha value is -4.02. The van der Waals surface area contributed by atoms with E-state index in [0.29, 0.717) is 33.9 Å². The molecule has 5 heterocycles. The highest BCUT2D eigenvalue weighted by Crippen LogP contribution is 2.64. The lowest BCUT2D eigenvalue weighted by atomic mass is 9.71. The molecule has 0 bridgehead atoms. The predicted octanol–water partition coefficient (Wildman–Crippen LogP) is 4.76. The Kier molecular flexibility index (Phi) is 6.48. The van der Waals surface area contributed by atoms with Crippen LogP contribution in [0.4, 0.5) is 17.3 Å². The Balaban J connectivity index is 1.06. The van der Waals surface area contributed by atoms with Crippen molar-refractivity contribution < 1.29 is 5.11 Å². The molecule has 10 heteroatoms. The summed E-state index contributed by atoms with van der Waals surface area (Å²) in [6.07, 6.45) is 11.3. The molecular weight excluding hydrogens is 564 g/mol. The van der Waals surface area contributed by atoms with Gasteiger partial charge in [0.15, 0.2) is 11.5 Å². The van der Waals surface area contributed by atoms with Gasteiger partial charge in [-0.25, -0.2) is 19.3 Å². The fourth-order valence-electron chi connectivity index (χ4n) is 8.09. The van der Waals surface area contributed by atoms with Crippen molar-refractivity contribution in [3.8, 4) is 5.82 Å². The predicted molar refractivity (Wildman–Crippen MR) is 176 cm³/mol. The van der Waals surface area contributed by atoms with Crippen LogP contribution in [-0.2, 0) is 18.6 Å². The van der Waals surface area contributed by atoms with Crippen LogP contribution < -0.4 is 15.8 Å². The van der Waals surface area contributed by atoms with Crippen LogP contribution in [0.15, 0.2) is 60.0 Å². The zero-order valence-corrected chi connectivity index (χ0v) is 26.3. The highest BCUT2D eigenvalue weighted by molar-refractivity contribution is 5.77. The summed E-state index contributed by atoms with van der Waals surface area (Å²) in [7, 11) is 2.23. The number of anilines is 3. The number of rotatable bonds is 6. The normalized spacial score (nSPS) is 23.5. The molecule has 1 aromatic carbocycles. The number of aliphatic hydroxyl groups is 1. The molecule has 2 aliphatic heterocycles. The molecule has 3 fully saturated rings. The van der Waals surface area contributed by atoms with Gasteiger partial charge in [-0.15, -0.1) is 6.58 Å². The molecule has 4 aromatic rings. The number of aromatic nitrogens is 5. The molecule has 4 aliphatic rings. The van der Waals surface area contributed by atoms with Gasteiger partial charge in [0, 0.05) is 36.1 Å². The Morgan fingerprint density at radius 2 is 1.69 bits per heavy atom. The molecule has 2 saturated heterocycles. The van der Waals surface area contributed by atoms with Crippen LogP contribution in [0.25, 0.3) is 16.9 Å². The Bertz CT molecular complexity index is 1830. The van der Waals surface area contributed by atoms with Gasteiger partial charge in [-0.05, 0) is 113 Å². The molecule has 8 rings (SSSR count). The second kappa shape index (κ2) is 10.3.